The molecule has 1 aromatic rings. The fraction of sp³-hybridized carbons (Fsp3) is 0.500. The van der Waals surface area contributed by atoms with Crippen LogP contribution in [0.15, 0.2) is 18.2 Å². The van der Waals surface area contributed by atoms with E-state index in [0.29, 0.717) is 44.5 Å². The van der Waals surface area contributed by atoms with E-state index >= 15 is 0 Å². The van der Waals surface area contributed by atoms with Gasteiger partial charge in [-0.15, -0.1) is 0 Å². The van der Waals surface area contributed by atoms with Gasteiger partial charge in [0.25, 0.3) is 5.91 Å². The molecule has 2 amide bonds. The largest absolute Gasteiger partial charge is 0.481 e. The molecule has 2 aliphatic rings. The van der Waals surface area contributed by atoms with Crippen molar-refractivity contribution in [1.82, 2.24) is 5.32 Å². The maximum atomic E-state index is 12.7. The van der Waals surface area contributed by atoms with Crippen LogP contribution in [0.2, 0.25) is 0 Å². The molecule has 7 heteroatoms. The molecule has 0 aromatic heterocycles. The molecule has 1 aromatic carbocycles. The van der Waals surface area contributed by atoms with E-state index in [1.165, 1.54) is 0 Å². The van der Waals surface area contributed by atoms with Gasteiger partial charge in [0.1, 0.15) is 0 Å². The molecule has 0 saturated carbocycles. The van der Waals surface area contributed by atoms with Gasteiger partial charge in [0.05, 0.1) is 12.0 Å². The Kier molecular flexibility index (Phi) is 4.76. The Balaban J connectivity index is 1.80. The van der Waals surface area contributed by atoms with Gasteiger partial charge in [-0.1, -0.05) is 0 Å². The van der Waals surface area contributed by atoms with E-state index in [0.717, 1.165) is 11.3 Å². The molecular weight excluding hydrogens is 324 g/mol. The maximum absolute atomic E-state index is 12.7. The van der Waals surface area contributed by atoms with Gasteiger partial charge in [0.15, 0.2) is 0 Å². The number of amides is 2. The number of hydrogen-bond acceptors (Lipinski definition) is 4. The Hall–Kier alpha value is -2.41. The number of nitrogens with one attached hydrogen (secondary N) is 1. The third-order valence-corrected chi connectivity index (χ3v) is 5.00. The lowest BCUT2D eigenvalue weighted by atomic mass is 9.86. The number of hydrogen-bond donors (Lipinski definition) is 2. The van der Waals surface area contributed by atoms with Gasteiger partial charge in [0, 0.05) is 37.9 Å². The Morgan fingerprint density at radius 1 is 1.28 bits per heavy atom. The SMILES string of the molecule is CN1C(=O)CCc2cc(C(=O)NC3(CC(=O)O)CCOCC3)ccc21. The fourth-order valence-corrected chi connectivity index (χ4v) is 3.51. The Bertz CT molecular complexity index is 709. The number of carbonyl (C=O) groups excluding carboxylic acids is 2. The number of fused-ring (bicyclic) bond motifs is 1. The third kappa shape index (κ3) is 3.66. The van der Waals surface area contributed by atoms with Crippen molar-refractivity contribution >= 4 is 23.5 Å². The van der Waals surface area contributed by atoms with Crippen LogP contribution in [0.4, 0.5) is 5.69 Å². The average Bonchev–Trinajstić information content (AvgIpc) is 2.58. The van der Waals surface area contributed by atoms with Gasteiger partial charge in [0.2, 0.25) is 5.91 Å². The monoisotopic (exact) mass is 346 g/mol. The topological polar surface area (TPSA) is 95.9 Å². The number of carboxylic acids is 1. The van der Waals surface area contributed by atoms with E-state index in [9.17, 15) is 19.5 Å². The molecule has 2 N–H and O–H groups in total. The predicted octanol–water partition coefficient (Wildman–Crippen LogP) is 1.35. The number of rotatable bonds is 4. The van der Waals surface area contributed by atoms with Crippen molar-refractivity contribution in [2.75, 3.05) is 25.2 Å². The standard InChI is InChI=1S/C18H22N2O5/c1-20-14-4-2-13(10-12(14)3-5-15(20)21)17(24)19-18(11-16(22)23)6-8-25-9-7-18/h2,4,10H,3,5-9,11H2,1H3,(H,19,24)(H,22,23). The number of aryl methyl sites for hydroxylation is 1. The Morgan fingerprint density at radius 2 is 2.00 bits per heavy atom. The van der Waals surface area contributed by atoms with Crippen LogP contribution in [-0.2, 0) is 20.7 Å². The number of ether oxygens (including phenoxy) is 1. The zero-order valence-electron chi connectivity index (χ0n) is 14.2. The number of nitrogens with zero attached hydrogens (tertiary/aromatic N) is 1. The van der Waals surface area contributed by atoms with Crippen LogP contribution < -0.4 is 10.2 Å². The molecule has 1 fully saturated rings. The lowest BCUT2D eigenvalue weighted by molar-refractivity contribution is -0.139. The molecule has 0 spiro atoms. The molecule has 0 atom stereocenters. The molecule has 134 valence electrons. The molecule has 3 rings (SSSR count). The summed E-state index contributed by atoms with van der Waals surface area (Å²) in [5.74, 6) is -1.16. The lowest BCUT2D eigenvalue weighted by Crippen LogP contribution is -2.53. The Morgan fingerprint density at radius 3 is 2.68 bits per heavy atom. The van der Waals surface area contributed by atoms with Crippen molar-refractivity contribution in [3.63, 3.8) is 0 Å². The number of aliphatic carboxylic acids is 1. The highest BCUT2D eigenvalue weighted by Gasteiger charge is 2.36. The molecule has 2 heterocycles. The van der Waals surface area contributed by atoms with Crippen molar-refractivity contribution in [2.24, 2.45) is 0 Å². The summed E-state index contributed by atoms with van der Waals surface area (Å²) < 4.78 is 5.31. The minimum Gasteiger partial charge on any atom is -0.481 e. The first-order valence-electron chi connectivity index (χ1n) is 8.42. The van der Waals surface area contributed by atoms with E-state index < -0.39 is 11.5 Å². The van der Waals surface area contributed by atoms with Crippen LogP contribution in [0, 0.1) is 0 Å². The van der Waals surface area contributed by atoms with E-state index in [2.05, 4.69) is 5.32 Å². The molecule has 25 heavy (non-hydrogen) atoms. The number of carboxylic acid groups (broad SMARTS) is 1. The summed E-state index contributed by atoms with van der Waals surface area (Å²) in [5.41, 5.74) is 1.48. The molecule has 2 aliphatic heterocycles. The summed E-state index contributed by atoms with van der Waals surface area (Å²) >= 11 is 0. The smallest absolute Gasteiger partial charge is 0.305 e. The number of benzene rings is 1. The van der Waals surface area contributed by atoms with Crippen molar-refractivity contribution < 1.29 is 24.2 Å². The molecule has 0 bridgehead atoms. The predicted molar refractivity (Wildman–Crippen MR) is 90.7 cm³/mol. The number of anilines is 1. The van der Waals surface area contributed by atoms with Gasteiger partial charge in [-0.05, 0) is 43.0 Å². The second-order valence-electron chi connectivity index (χ2n) is 6.71. The van der Waals surface area contributed by atoms with Crippen LogP contribution >= 0.6 is 0 Å². The highest BCUT2D eigenvalue weighted by atomic mass is 16.5. The van der Waals surface area contributed by atoms with E-state index in [1.807, 2.05) is 0 Å². The van der Waals surface area contributed by atoms with E-state index in [1.54, 1.807) is 30.1 Å². The highest BCUT2D eigenvalue weighted by molar-refractivity contribution is 5.99. The van der Waals surface area contributed by atoms with Gasteiger partial charge in [-0.25, -0.2) is 0 Å². The fourth-order valence-electron chi connectivity index (χ4n) is 3.51. The van der Waals surface area contributed by atoms with Gasteiger partial charge in [-0.2, -0.15) is 0 Å². The summed E-state index contributed by atoms with van der Waals surface area (Å²) in [4.78, 5) is 37.3. The summed E-state index contributed by atoms with van der Waals surface area (Å²) in [5, 5.41) is 12.1. The molecule has 1 saturated heterocycles. The van der Waals surface area contributed by atoms with Crippen molar-refractivity contribution in [3.05, 3.63) is 29.3 Å². The van der Waals surface area contributed by atoms with E-state index in [-0.39, 0.29) is 18.2 Å². The first kappa shape index (κ1) is 17.4. The van der Waals surface area contributed by atoms with Crippen molar-refractivity contribution in [2.45, 2.75) is 37.6 Å². The normalized spacial score (nSPS) is 19.2. The highest BCUT2D eigenvalue weighted by Crippen LogP contribution is 2.29. The zero-order valence-corrected chi connectivity index (χ0v) is 14.2. The van der Waals surface area contributed by atoms with Crippen LogP contribution in [-0.4, -0.2) is 48.7 Å². The molecule has 7 nitrogen and oxygen atoms in total. The summed E-state index contributed by atoms with van der Waals surface area (Å²) in [7, 11) is 1.73. The Labute approximate surface area is 146 Å². The molecule has 0 radical (unpaired) electrons. The second-order valence-corrected chi connectivity index (χ2v) is 6.71. The van der Waals surface area contributed by atoms with Crippen LogP contribution in [0.25, 0.3) is 0 Å². The molecular formula is C18H22N2O5. The van der Waals surface area contributed by atoms with Crippen LogP contribution in [0.5, 0.6) is 0 Å². The first-order valence-corrected chi connectivity index (χ1v) is 8.42. The summed E-state index contributed by atoms with van der Waals surface area (Å²) in [6.07, 6.45) is 1.87. The number of carbonyl (C=O) groups is 3. The van der Waals surface area contributed by atoms with Gasteiger partial charge >= 0.3 is 5.97 Å². The maximum Gasteiger partial charge on any atom is 0.305 e. The first-order chi connectivity index (χ1) is 11.9. The summed E-state index contributed by atoms with van der Waals surface area (Å²) in [6.45, 7) is 0.870. The van der Waals surface area contributed by atoms with Gasteiger partial charge in [-0.3, -0.25) is 14.4 Å². The van der Waals surface area contributed by atoms with Crippen molar-refractivity contribution in [3.8, 4) is 0 Å². The lowest BCUT2D eigenvalue weighted by Gasteiger charge is -2.37. The quantitative estimate of drug-likeness (QED) is 0.858. The van der Waals surface area contributed by atoms with Crippen molar-refractivity contribution in [1.29, 1.82) is 0 Å². The van der Waals surface area contributed by atoms with E-state index in [4.69, 9.17) is 4.74 Å². The van der Waals surface area contributed by atoms with Crippen LogP contribution in [0.1, 0.15) is 41.6 Å². The third-order valence-electron chi connectivity index (χ3n) is 5.00. The van der Waals surface area contributed by atoms with Crippen LogP contribution in [0.3, 0.4) is 0 Å². The second kappa shape index (κ2) is 6.84. The molecule has 0 aliphatic carbocycles. The minimum atomic E-state index is -0.937. The summed E-state index contributed by atoms with van der Waals surface area (Å²) in [6, 6.07) is 5.24. The minimum absolute atomic E-state index is 0.0623. The average molecular weight is 346 g/mol. The van der Waals surface area contributed by atoms with Gasteiger partial charge < -0.3 is 20.1 Å². The zero-order chi connectivity index (χ0) is 18.0. The molecule has 0 unspecified atom stereocenters.